The van der Waals surface area contributed by atoms with Crippen molar-refractivity contribution in [2.45, 2.75) is 32.7 Å². The van der Waals surface area contributed by atoms with Crippen LogP contribution in [0, 0.1) is 5.92 Å². The number of esters is 1. The molecule has 1 aromatic carbocycles. The molecule has 0 aromatic heterocycles. The van der Waals surface area contributed by atoms with Gasteiger partial charge in [-0.05, 0) is 50.9 Å². The number of likely N-dealkylation sites (tertiary alicyclic amines) is 1. The molecule has 1 saturated heterocycles. The molecule has 176 valence electrons. The van der Waals surface area contributed by atoms with Gasteiger partial charge in [0.1, 0.15) is 0 Å². The first-order valence-corrected chi connectivity index (χ1v) is 10.9. The molecule has 0 saturated carbocycles. The number of nitrogens with one attached hydrogen (secondary N) is 2. The van der Waals surface area contributed by atoms with Crippen LogP contribution in [0.25, 0.3) is 0 Å². The zero-order valence-corrected chi connectivity index (χ0v) is 19.4. The summed E-state index contributed by atoms with van der Waals surface area (Å²) in [7, 11) is 4.55. The first-order chi connectivity index (χ1) is 15.4. The van der Waals surface area contributed by atoms with Crippen LogP contribution in [0.5, 0.6) is 17.2 Å². The van der Waals surface area contributed by atoms with E-state index in [0.29, 0.717) is 46.5 Å². The van der Waals surface area contributed by atoms with Crippen molar-refractivity contribution in [3.8, 4) is 17.2 Å². The molecule has 32 heavy (non-hydrogen) atoms. The lowest BCUT2D eigenvalue weighted by atomic mass is 9.93. The van der Waals surface area contributed by atoms with E-state index in [1.165, 1.54) is 21.3 Å². The minimum Gasteiger partial charge on any atom is -0.493 e. The Bertz CT molecular complexity index is 877. The van der Waals surface area contributed by atoms with E-state index in [1.807, 2.05) is 0 Å². The maximum absolute atomic E-state index is 13.1. The molecule has 0 spiro atoms. The molecule has 9 heteroatoms. The van der Waals surface area contributed by atoms with Gasteiger partial charge < -0.3 is 29.6 Å². The number of urea groups is 1. The molecule has 0 radical (unpaired) electrons. The summed E-state index contributed by atoms with van der Waals surface area (Å²) in [6, 6.07) is 2.33. The van der Waals surface area contributed by atoms with Crippen LogP contribution in [0.1, 0.15) is 38.3 Å². The predicted molar refractivity (Wildman–Crippen MR) is 119 cm³/mol. The van der Waals surface area contributed by atoms with Crippen molar-refractivity contribution in [3.05, 3.63) is 29.0 Å². The minimum absolute atomic E-state index is 0.223. The second-order valence-corrected chi connectivity index (χ2v) is 8.03. The summed E-state index contributed by atoms with van der Waals surface area (Å²) in [4.78, 5) is 28.0. The van der Waals surface area contributed by atoms with Crippen LogP contribution in [0.4, 0.5) is 4.79 Å². The highest BCUT2D eigenvalue weighted by molar-refractivity contribution is 5.95. The number of carbonyl (C=O) groups excluding carboxylic acids is 2. The largest absolute Gasteiger partial charge is 0.493 e. The number of rotatable bonds is 8. The Morgan fingerprint density at radius 3 is 2.38 bits per heavy atom. The zero-order chi connectivity index (χ0) is 23.3. The summed E-state index contributed by atoms with van der Waals surface area (Å²) in [6.45, 7) is 6.50. The molecule has 1 atom stereocenters. The molecule has 2 heterocycles. The highest BCUT2D eigenvalue weighted by atomic mass is 16.5. The number of piperidine rings is 1. The molecule has 0 aliphatic carbocycles. The van der Waals surface area contributed by atoms with Crippen LogP contribution >= 0.6 is 0 Å². The third kappa shape index (κ3) is 4.93. The number of methoxy groups -OCH3 is 3. The number of carbonyl (C=O) groups is 2. The monoisotopic (exact) mass is 447 g/mol. The van der Waals surface area contributed by atoms with E-state index < -0.39 is 12.0 Å². The molecular weight excluding hydrogens is 414 g/mol. The summed E-state index contributed by atoms with van der Waals surface area (Å²) in [6.07, 6.45) is 2.17. The van der Waals surface area contributed by atoms with Gasteiger partial charge in [0.15, 0.2) is 11.5 Å². The highest BCUT2D eigenvalue weighted by Gasteiger charge is 2.37. The SMILES string of the molecule is CCOC(=O)C1=C(CN2CCC(C)CC2)NC(=O)N[C@H]1c1ccc(OC)c(OC)c1OC. The third-order valence-corrected chi connectivity index (χ3v) is 5.95. The lowest BCUT2D eigenvalue weighted by molar-refractivity contribution is -0.139. The summed E-state index contributed by atoms with van der Waals surface area (Å²) >= 11 is 0. The molecule has 0 unspecified atom stereocenters. The van der Waals surface area contributed by atoms with Gasteiger partial charge in [-0.25, -0.2) is 9.59 Å². The molecule has 1 aromatic rings. The van der Waals surface area contributed by atoms with E-state index in [-0.39, 0.29) is 12.6 Å². The van der Waals surface area contributed by atoms with E-state index in [1.54, 1.807) is 19.1 Å². The van der Waals surface area contributed by atoms with Crippen LogP contribution in [0.15, 0.2) is 23.4 Å². The topological polar surface area (TPSA) is 98.4 Å². The van der Waals surface area contributed by atoms with Crippen molar-refractivity contribution >= 4 is 12.0 Å². The van der Waals surface area contributed by atoms with Crippen molar-refractivity contribution in [2.75, 3.05) is 47.6 Å². The van der Waals surface area contributed by atoms with Gasteiger partial charge in [-0.3, -0.25) is 4.90 Å². The van der Waals surface area contributed by atoms with Crippen molar-refractivity contribution in [2.24, 2.45) is 5.92 Å². The normalized spacial score (nSPS) is 19.8. The molecular formula is C23H33N3O6. The number of hydrogen-bond acceptors (Lipinski definition) is 7. The average Bonchev–Trinajstić information content (AvgIpc) is 2.79. The van der Waals surface area contributed by atoms with Crippen LogP contribution in [-0.4, -0.2) is 64.5 Å². The second-order valence-electron chi connectivity index (χ2n) is 8.03. The molecule has 2 N–H and O–H groups in total. The lowest BCUT2D eigenvalue weighted by Gasteiger charge is -2.35. The number of hydrogen-bond donors (Lipinski definition) is 2. The van der Waals surface area contributed by atoms with E-state index in [4.69, 9.17) is 18.9 Å². The molecule has 9 nitrogen and oxygen atoms in total. The highest BCUT2D eigenvalue weighted by Crippen LogP contribution is 2.44. The fraction of sp³-hybridized carbons (Fsp3) is 0.565. The smallest absolute Gasteiger partial charge is 0.338 e. The number of amides is 2. The Labute approximate surface area is 189 Å². The Morgan fingerprint density at radius 1 is 1.09 bits per heavy atom. The lowest BCUT2D eigenvalue weighted by Crippen LogP contribution is -2.49. The second kappa shape index (κ2) is 10.6. The molecule has 1 fully saturated rings. The number of nitrogens with zero attached hydrogens (tertiary/aromatic N) is 1. The Morgan fingerprint density at radius 2 is 1.78 bits per heavy atom. The van der Waals surface area contributed by atoms with E-state index in [9.17, 15) is 9.59 Å². The fourth-order valence-corrected chi connectivity index (χ4v) is 4.22. The first kappa shape index (κ1) is 23.7. The fourth-order valence-electron chi connectivity index (χ4n) is 4.22. The van der Waals surface area contributed by atoms with Gasteiger partial charge in [0.2, 0.25) is 5.75 Å². The number of ether oxygens (including phenoxy) is 4. The van der Waals surface area contributed by atoms with Crippen LogP contribution < -0.4 is 24.8 Å². The Hall–Kier alpha value is -2.94. The Balaban J connectivity index is 2.08. The zero-order valence-electron chi connectivity index (χ0n) is 19.4. The van der Waals surface area contributed by atoms with Gasteiger partial charge in [-0.2, -0.15) is 0 Å². The minimum atomic E-state index is -0.767. The van der Waals surface area contributed by atoms with Crippen molar-refractivity contribution < 1.29 is 28.5 Å². The van der Waals surface area contributed by atoms with Gasteiger partial charge in [0.05, 0.1) is 39.6 Å². The summed E-state index contributed by atoms with van der Waals surface area (Å²) in [5, 5.41) is 5.70. The van der Waals surface area contributed by atoms with Gasteiger partial charge in [0.25, 0.3) is 0 Å². The Kier molecular flexibility index (Phi) is 7.84. The quantitative estimate of drug-likeness (QED) is 0.591. The van der Waals surface area contributed by atoms with Gasteiger partial charge in [0, 0.05) is 17.8 Å². The molecule has 0 bridgehead atoms. The van der Waals surface area contributed by atoms with Crippen molar-refractivity contribution in [3.63, 3.8) is 0 Å². The maximum atomic E-state index is 13.1. The van der Waals surface area contributed by atoms with E-state index in [0.717, 1.165) is 25.9 Å². The summed E-state index contributed by atoms with van der Waals surface area (Å²) in [5.74, 6) is 1.44. The standard InChI is InChI=1S/C23H33N3O6/c1-6-32-22(27)18-16(13-26-11-9-14(2)10-12-26)24-23(28)25-19(18)15-7-8-17(29-3)21(31-5)20(15)30-4/h7-8,14,19H,6,9-13H2,1-5H3,(H2,24,25,28)/t19-/m0/s1. The molecule has 2 aliphatic heterocycles. The average molecular weight is 448 g/mol. The summed E-state index contributed by atoms with van der Waals surface area (Å²) < 4.78 is 21.9. The van der Waals surface area contributed by atoms with Gasteiger partial charge >= 0.3 is 12.0 Å². The first-order valence-electron chi connectivity index (χ1n) is 10.9. The van der Waals surface area contributed by atoms with Gasteiger partial charge in [-0.1, -0.05) is 6.92 Å². The molecule has 2 aliphatic rings. The maximum Gasteiger partial charge on any atom is 0.338 e. The van der Waals surface area contributed by atoms with E-state index >= 15 is 0 Å². The number of benzene rings is 1. The predicted octanol–water partition coefficient (Wildman–Crippen LogP) is 2.62. The van der Waals surface area contributed by atoms with Crippen molar-refractivity contribution in [1.29, 1.82) is 0 Å². The molecule has 3 rings (SSSR count). The van der Waals surface area contributed by atoms with Gasteiger partial charge in [-0.15, -0.1) is 0 Å². The molecule has 2 amide bonds. The van der Waals surface area contributed by atoms with Crippen LogP contribution in [0.3, 0.4) is 0 Å². The van der Waals surface area contributed by atoms with Crippen LogP contribution in [-0.2, 0) is 9.53 Å². The third-order valence-electron chi connectivity index (χ3n) is 5.95. The summed E-state index contributed by atoms with van der Waals surface area (Å²) in [5.41, 5.74) is 1.48. The van der Waals surface area contributed by atoms with E-state index in [2.05, 4.69) is 22.5 Å². The van der Waals surface area contributed by atoms with Crippen molar-refractivity contribution in [1.82, 2.24) is 15.5 Å². The van der Waals surface area contributed by atoms with Crippen LogP contribution in [0.2, 0.25) is 0 Å².